The molecule has 2 aromatic rings. The van der Waals surface area contributed by atoms with Gasteiger partial charge in [0.2, 0.25) is 11.8 Å². The summed E-state index contributed by atoms with van der Waals surface area (Å²) in [5.41, 5.74) is 1.72. The number of benzene rings is 2. The van der Waals surface area contributed by atoms with Crippen LogP contribution in [0, 0.1) is 5.92 Å². The van der Waals surface area contributed by atoms with Crippen LogP contribution in [0.15, 0.2) is 48.5 Å². The number of carbonyl (C=O) groups is 2. The molecule has 1 aliphatic rings. The smallest absolute Gasteiger partial charge is 0.227 e. The summed E-state index contributed by atoms with van der Waals surface area (Å²) in [7, 11) is 0. The van der Waals surface area contributed by atoms with Crippen LogP contribution < -0.4 is 15.0 Å². The Hall–Kier alpha value is -2.53. The van der Waals surface area contributed by atoms with Crippen LogP contribution in [0.2, 0.25) is 5.02 Å². The second kappa shape index (κ2) is 8.91. The van der Waals surface area contributed by atoms with Crippen LogP contribution in [0.1, 0.15) is 25.3 Å². The van der Waals surface area contributed by atoms with Crippen molar-refractivity contribution in [1.82, 2.24) is 5.32 Å². The van der Waals surface area contributed by atoms with Gasteiger partial charge in [0.1, 0.15) is 5.75 Å². The van der Waals surface area contributed by atoms with Gasteiger partial charge in [0, 0.05) is 30.2 Å². The van der Waals surface area contributed by atoms with Crippen molar-refractivity contribution in [3.8, 4) is 5.75 Å². The predicted molar refractivity (Wildman–Crippen MR) is 106 cm³/mol. The first-order chi connectivity index (χ1) is 13.1. The fraction of sp³-hybridized carbons (Fsp3) is 0.333. The Bertz CT molecular complexity index is 807. The minimum absolute atomic E-state index is 0.0415. The fourth-order valence-electron chi connectivity index (χ4n) is 3.06. The molecule has 1 N–H and O–H groups in total. The van der Waals surface area contributed by atoms with Gasteiger partial charge < -0.3 is 15.0 Å². The highest BCUT2D eigenvalue weighted by molar-refractivity contribution is 6.30. The maximum atomic E-state index is 12.5. The van der Waals surface area contributed by atoms with Crippen molar-refractivity contribution in [3.05, 3.63) is 59.1 Å². The summed E-state index contributed by atoms with van der Waals surface area (Å²) in [5, 5.41) is 3.53. The number of carbonyl (C=O) groups excluding carboxylic acids is 2. The van der Waals surface area contributed by atoms with Crippen molar-refractivity contribution in [2.24, 2.45) is 5.92 Å². The van der Waals surface area contributed by atoms with Gasteiger partial charge in [0.15, 0.2) is 0 Å². The van der Waals surface area contributed by atoms with Crippen molar-refractivity contribution in [3.63, 3.8) is 0 Å². The van der Waals surface area contributed by atoms with Crippen molar-refractivity contribution in [2.45, 2.75) is 26.3 Å². The number of ether oxygens (including phenoxy) is 1. The zero-order valence-electron chi connectivity index (χ0n) is 15.3. The van der Waals surface area contributed by atoms with Gasteiger partial charge in [0.05, 0.1) is 12.5 Å². The van der Waals surface area contributed by atoms with Crippen LogP contribution in [0.3, 0.4) is 0 Å². The van der Waals surface area contributed by atoms with Crippen molar-refractivity contribution < 1.29 is 14.3 Å². The van der Waals surface area contributed by atoms with Gasteiger partial charge in [-0.05, 0) is 48.4 Å². The summed E-state index contributed by atoms with van der Waals surface area (Å²) < 4.78 is 5.56. The van der Waals surface area contributed by atoms with E-state index in [1.54, 1.807) is 11.0 Å². The zero-order valence-corrected chi connectivity index (χ0v) is 16.0. The van der Waals surface area contributed by atoms with E-state index in [-0.39, 0.29) is 24.2 Å². The second-order valence-corrected chi connectivity index (χ2v) is 7.03. The SMILES string of the molecule is CCCOc1ccc(N2C[C@H](C(=O)NCc3cccc(Cl)c3)CC2=O)cc1. The normalized spacial score (nSPS) is 16.4. The molecule has 27 heavy (non-hydrogen) atoms. The molecule has 0 bridgehead atoms. The Kier molecular flexibility index (Phi) is 6.35. The number of nitrogens with zero attached hydrogens (tertiary/aromatic N) is 1. The van der Waals surface area contributed by atoms with Crippen LogP contribution in [0.25, 0.3) is 0 Å². The van der Waals surface area contributed by atoms with Gasteiger partial charge in [-0.2, -0.15) is 0 Å². The van der Waals surface area contributed by atoms with Crippen LogP contribution in [0.4, 0.5) is 5.69 Å². The number of rotatable bonds is 7. The van der Waals surface area contributed by atoms with E-state index in [1.807, 2.05) is 42.5 Å². The molecule has 0 spiro atoms. The zero-order chi connectivity index (χ0) is 19.2. The Morgan fingerprint density at radius 3 is 2.74 bits per heavy atom. The Morgan fingerprint density at radius 1 is 1.26 bits per heavy atom. The standard InChI is InChI=1S/C21H23ClN2O3/c1-2-10-27-19-8-6-18(7-9-19)24-14-16(12-20(24)25)21(26)23-13-15-4-3-5-17(22)11-15/h3-9,11,16H,2,10,12-14H2,1H3,(H,23,26)/t16-/m1/s1. The summed E-state index contributed by atoms with van der Waals surface area (Å²) in [6.07, 6.45) is 1.16. The Labute approximate surface area is 164 Å². The van der Waals surface area contributed by atoms with E-state index >= 15 is 0 Å². The average molecular weight is 387 g/mol. The topological polar surface area (TPSA) is 58.6 Å². The van der Waals surface area contributed by atoms with E-state index in [0.717, 1.165) is 23.4 Å². The number of hydrogen-bond acceptors (Lipinski definition) is 3. The minimum atomic E-state index is -0.354. The van der Waals surface area contributed by atoms with Crippen LogP contribution in [-0.2, 0) is 16.1 Å². The third kappa shape index (κ3) is 5.01. The molecule has 3 rings (SSSR count). The quantitative estimate of drug-likeness (QED) is 0.787. The lowest BCUT2D eigenvalue weighted by atomic mass is 10.1. The molecule has 0 unspecified atom stereocenters. The average Bonchev–Trinajstić information content (AvgIpc) is 3.07. The molecule has 1 fully saturated rings. The molecule has 1 heterocycles. The number of nitrogens with one attached hydrogen (secondary N) is 1. The molecule has 0 saturated carbocycles. The van der Waals surface area contributed by atoms with E-state index in [0.29, 0.717) is 24.7 Å². The molecule has 1 saturated heterocycles. The number of hydrogen-bond donors (Lipinski definition) is 1. The van der Waals surface area contributed by atoms with E-state index in [9.17, 15) is 9.59 Å². The highest BCUT2D eigenvalue weighted by Gasteiger charge is 2.34. The summed E-state index contributed by atoms with van der Waals surface area (Å²) in [5.74, 6) is 0.268. The highest BCUT2D eigenvalue weighted by atomic mass is 35.5. The molecule has 1 aliphatic heterocycles. The third-order valence-electron chi connectivity index (χ3n) is 4.47. The maximum absolute atomic E-state index is 12.5. The predicted octanol–water partition coefficient (Wildman–Crippen LogP) is 3.80. The first-order valence-corrected chi connectivity index (χ1v) is 9.50. The molecule has 2 amide bonds. The van der Waals surface area contributed by atoms with Crippen LogP contribution in [0.5, 0.6) is 5.75 Å². The molecule has 0 aromatic heterocycles. The van der Waals surface area contributed by atoms with E-state index in [2.05, 4.69) is 12.2 Å². The Balaban J connectivity index is 1.57. The second-order valence-electron chi connectivity index (χ2n) is 6.60. The van der Waals surface area contributed by atoms with Gasteiger partial charge in [-0.15, -0.1) is 0 Å². The van der Waals surface area contributed by atoms with Crippen LogP contribution in [-0.4, -0.2) is 25.0 Å². The van der Waals surface area contributed by atoms with Gasteiger partial charge >= 0.3 is 0 Å². The lowest BCUT2D eigenvalue weighted by Crippen LogP contribution is -2.32. The minimum Gasteiger partial charge on any atom is -0.494 e. The van der Waals surface area contributed by atoms with Gasteiger partial charge in [-0.25, -0.2) is 0 Å². The van der Waals surface area contributed by atoms with Crippen LogP contribution >= 0.6 is 11.6 Å². The van der Waals surface area contributed by atoms with E-state index in [1.165, 1.54) is 0 Å². The summed E-state index contributed by atoms with van der Waals surface area (Å²) >= 11 is 5.96. The molecular formula is C21H23ClN2O3. The molecular weight excluding hydrogens is 364 g/mol. The first-order valence-electron chi connectivity index (χ1n) is 9.12. The summed E-state index contributed by atoms with van der Waals surface area (Å²) in [6.45, 7) is 3.49. The van der Waals surface area contributed by atoms with Gasteiger partial charge in [-0.3, -0.25) is 9.59 Å². The molecule has 6 heteroatoms. The van der Waals surface area contributed by atoms with E-state index < -0.39 is 0 Å². The lowest BCUT2D eigenvalue weighted by Gasteiger charge is -2.17. The molecule has 0 aliphatic carbocycles. The Morgan fingerprint density at radius 2 is 2.04 bits per heavy atom. The van der Waals surface area contributed by atoms with E-state index in [4.69, 9.17) is 16.3 Å². The third-order valence-corrected chi connectivity index (χ3v) is 4.71. The summed E-state index contributed by atoms with van der Waals surface area (Å²) in [4.78, 5) is 26.5. The molecule has 0 radical (unpaired) electrons. The number of amides is 2. The lowest BCUT2D eigenvalue weighted by molar-refractivity contribution is -0.126. The molecule has 1 atom stereocenters. The fourth-order valence-corrected chi connectivity index (χ4v) is 3.27. The number of halogens is 1. The van der Waals surface area contributed by atoms with Crippen molar-refractivity contribution in [2.75, 3.05) is 18.1 Å². The largest absolute Gasteiger partial charge is 0.494 e. The first kappa shape index (κ1) is 19.2. The van der Waals surface area contributed by atoms with Gasteiger partial charge in [-0.1, -0.05) is 30.7 Å². The number of anilines is 1. The highest BCUT2D eigenvalue weighted by Crippen LogP contribution is 2.27. The molecule has 142 valence electrons. The van der Waals surface area contributed by atoms with Gasteiger partial charge in [0.25, 0.3) is 0 Å². The summed E-state index contributed by atoms with van der Waals surface area (Å²) in [6, 6.07) is 14.8. The molecule has 2 aromatic carbocycles. The monoisotopic (exact) mass is 386 g/mol. The van der Waals surface area contributed by atoms with Crippen molar-refractivity contribution >= 4 is 29.1 Å². The molecule has 5 nitrogen and oxygen atoms in total. The maximum Gasteiger partial charge on any atom is 0.227 e. The van der Waals surface area contributed by atoms with Crippen molar-refractivity contribution in [1.29, 1.82) is 0 Å².